The number of aliphatic imine (C=N–C) groups is 1. The fourth-order valence-electron chi connectivity index (χ4n) is 3.46. The van der Waals surface area contributed by atoms with Crippen molar-refractivity contribution >= 4 is 5.96 Å². The lowest BCUT2D eigenvalue weighted by Gasteiger charge is -2.35. The molecule has 0 saturated carbocycles. The number of nitrogens with zero attached hydrogens (tertiary/aromatic N) is 2. The molecule has 1 aliphatic heterocycles. The van der Waals surface area contributed by atoms with E-state index in [1.807, 2.05) is 25.2 Å². The van der Waals surface area contributed by atoms with Crippen LogP contribution in [0.25, 0.3) is 0 Å². The first-order chi connectivity index (χ1) is 14.1. The van der Waals surface area contributed by atoms with E-state index in [0.717, 1.165) is 56.5 Å². The molecule has 1 aliphatic rings. The largest absolute Gasteiger partial charge is 0.491 e. The predicted molar refractivity (Wildman–Crippen MR) is 118 cm³/mol. The Morgan fingerprint density at radius 3 is 2.69 bits per heavy atom. The summed E-state index contributed by atoms with van der Waals surface area (Å²) in [4.78, 5) is 6.92. The summed E-state index contributed by atoms with van der Waals surface area (Å²) in [7, 11) is 3.49. The SMILES string of the molecule is CN=C(NCc1cccc(OCCOC)c1)NCC(CC(C)C)N1CCOCC1. The van der Waals surface area contributed by atoms with E-state index in [0.29, 0.717) is 31.7 Å². The number of guanidine groups is 1. The van der Waals surface area contributed by atoms with Crippen LogP contribution in [0.3, 0.4) is 0 Å². The minimum Gasteiger partial charge on any atom is -0.491 e. The molecule has 1 unspecified atom stereocenters. The number of hydrogen-bond acceptors (Lipinski definition) is 5. The molecule has 2 rings (SSSR count). The highest BCUT2D eigenvalue weighted by Crippen LogP contribution is 2.14. The van der Waals surface area contributed by atoms with Crippen molar-refractivity contribution in [2.45, 2.75) is 32.9 Å². The summed E-state index contributed by atoms with van der Waals surface area (Å²) >= 11 is 0. The van der Waals surface area contributed by atoms with Gasteiger partial charge in [-0.25, -0.2) is 0 Å². The van der Waals surface area contributed by atoms with Gasteiger partial charge in [-0.1, -0.05) is 26.0 Å². The standard InChI is InChI=1S/C22H38N4O3/c1-18(2)14-20(26-8-10-28-11-9-26)17-25-22(23-3)24-16-19-6-5-7-21(15-19)29-13-12-27-4/h5-7,15,18,20H,8-14,16-17H2,1-4H3,(H2,23,24,25). The van der Waals surface area contributed by atoms with E-state index in [1.54, 1.807) is 7.11 Å². The highest BCUT2D eigenvalue weighted by molar-refractivity contribution is 5.79. The summed E-state index contributed by atoms with van der Waals surface area (Å²) in [5.74, 6) is 2.33. The van der Waals surface area contributed by atoms with Gasteiger partial charge in [0.15, 0.2) is 5.96 Å². The number of benzene rings is 1. The van der Waals surface area contributed by atoms with Gasteiger partial charge in [0.2, 0.25) is 0 Å². The highest BCUT2D eigenvalue weighted by atomic mass is 16.5. The molecule has 7 nitrogen and oxygen atoms in total. The molecule has 0 amide bonds. The smallest absolute Gasteiger partial charge is 0.191 e. The Balaban J connectivity index is 1.83. The second kappa shape index (κ2) is 13.4. The van der Waals surface area contributed by atoms with E-state index in [9.17, 15) is 0 Å². The molecule has 0 aromatic heterocycles. The minimum absolute atomic E-state index is 0.481. The Labute approximate surface area is 175 Å². The van der Waals surface area contributed by atoms with E-state index >= 15 is 0 Å². The molecule has 0 aliphatic carbocycles. The Morgan fingerprint density at radius 1 is 1.21 bits per heavy atom. The Hall–Kier alpha value is -1.83. The van der Waals surface area contributed by atoms with Crippen LogP contribution < -0.4 is 15.4 Å². The van der Waals surface area contributed by atoms with Gasteiger partial charge in [0.05, 0.1) is 19.8 Å². The zero-order chi connectivity index (χ0) is 20.9. The Morgan fingerprint density at radius 2 is 2.00 bits per heavy atom. The number of nitrogens with one attached hydrogen (secondary N) is 2. The van der Waals surface area contributed by atoms with Gasteiger partial charge in [-0.15, -0.1) is 0 Å². The van der Waals surface area contributed by atoms with Gasteiger partial charge in [-0.2, -0.15) is 0 Å². The number of ether oxygens (including phenoxy) is 3. The molecule has 29 heavy (non-hydrogen) atoms. The van der Waals surface area contributed by atoms with E-state index in [4.69, 9.17) is 14.2 Å². The van der Waals surface area contributed by atoms with Crippen molar-refractivity contribution in [3.05, 3.63) is 29.8 Å². The second-order valence-electron chi connectivity index (χ2n) is 7.73. The van der Waals surface area contributed by atoms with Gasteiger partial charge >= 0.3 is 0 Å². The number of rotatable bonds is 11. The first-order valence-electron chi connectivity index (χ1n) is 10.6. The van der Waals surface area contributed by atoms with Crippen LogP contribution in [0, 0.1) is 5.92 Å². The maximum atomic E-state index is 5.69. The van der Waals surface area contributed by atoms with Gasteiger partial charge in [-0.05, 0) is 30.0 Å². The summed E-state index contributed by atoms with van der Waals surface area (Å²) < 4.78 is 16.2. The molecule has 1 fully saturated rings. The van der Waals surface area contributed by atoms with Gasteiger partial charge in [0.25, 0.3) is 0 Å². The molecule has 1 saturated heterocycles. The lowest BCUT2D eigenvalue weighted by atomic mass is 10.0. The van der Waals surface area contributed by atoms with Crippen molar-refractivity contribution in [2.24, 2.45) is 10.9 Å². The number of methoxy groups -OCH3 is 1. The third kappa shape index (κ3) is 9.02. The van der Waals surface area contributed by atoms with Crippen molar-refractivity contribution in [1.29, 1.82) is 0 Å². The van der Waals surface area contributed by atoms with Crippen LogP contribution in [-0.2, 0) is 16.0 Å². The predicted octanol–water partition coefficient (Wildman–Crippen LogP) is 2.12. The fourth-order valence-corrected chi connectivity index (χ4v) is 3.46. The average molecular weight is 407 g/mol. The third-order valence-electron chi connectivity index (χ3n) is 4.95. The molecule has 0 radical (unpaired) electrons. The van der Waals surface area contributed by atoms with Crippen LogP contribution >= 0.6 is 0 Å². The molecule has 1 heterocycles. The van der Waals surface area contributed by atoms with Crippen molar-refractivity contribution in [1.82, 2.24) is 15.5 Å². The molecule has 2 N–H and O–H groups in total. The maximum absolute atomic E-state index is 5.69. The zero-order valence-electron chi connectivity index (χ0n) is 18.4. The van der Waals surface area contributed by atoms with E-state index in [1.165, 1.54) is 0 Å². The second-order valence-corrected chi connectivity index (χ2v) is 7.73. The normalized spacial score (nSPS) is 16.7. The van der Waals surface area contributed by atoms with Crippen molar-refractivity contribution in [3.63, 3.8) is 0 Å². The van der Waals surface area contributed by atoms with Crippen LogP contribution in [0.2, 0.25) is 0 Å². The molecule has 1 aromatic rings. The van der Waals surface area contributed by atoms with Crippen LogP contribution in [0.15, 0.2) is 29.3 Å². The maximum Gasteiger partial charge on any atom is 0.191 e. The fraction of sp³-hybridized carbons (Fsp3) is 0.682. The topological polar surface area (TPSA) is 67.4 Å². The molecule has 1 atom stereocenters. The Bertz CT molecular complexity index is 603. The average Bonchev–Trinajstić information content (AvgIpc) is 2.74. The summed E-state index contributed by atoms with van der Waals surface area (Å²) in [6.45, 7) is 10.9. The van der Waals surface area contributed by atoms with E-state index in [2.05, 4.69) is 40.4 Å². The van der Waals surface area contributed by atoms with Crippen molar-refractivity contribution < 1.29 is 14.2 Å². The Kier molecular flexibility index (Phi) is 10.8. The van der Waals surface area contributed by atoms with Gasteiger partial charge in [0, 0.05) is 46.4 Å². The highest BCUT2D eigenvalue weighted by Gasteiger charge is 2.22. The molecule has 0 bridgehead atoms. The molecule has 164 valence electrons. The van der Waals surface area contributed by atoms with Gasteiger partial charge in [0.1, 0.15) is 12.4 Å². The quantitative estimate of drug-likeness (QED) is 0.333. The summed E-state index contributed by atoms with van der Waals surface area (Å²) in [6.07, 6.45) is 1.16. The molecule has 1 aromatic carbocycles. The number of morpholine rings is 1. The summed E-state index contributed by atoms with van der Waals surface area (Å²) in [5, 5.41) is 6.91. The first-order valence-corrected chi connectivity index (χ1v) is 10.6. The first kappa shape index (κ1) is 23.4. The van der Waals surface area contributed by atoms with Crippen molar-refractivity contribution in [2.75, 3.05) is 60.2 Å². The van der Waals surface area contributed by atoms with Gasteiger partial charge < -0.3 is 24.8 Å². The van der Waals surface area contributed by atoms with E-state index in [-0.39, 0.29) is 0 Å². The lowest BCUT2D eigenvalue weighted by Crippen LogP contribution is -2.50. The monoisotopic (exact) mass is 406 g/mol. The van der Waals surface area contributed by atoms with Crippen LogP contribution in [0.5, 0.6) is 5.75 Å². The lowest BCUT2D eigenvalue weighted by molar-refractivity contribution is 0.0132. The molecular formula is C22H38N4O3. The molecular weight excluding hydrogens is 368 g/mol. The van der Waals surface area contributed by atoms with Crippen LogP contribution in [0.4, 0.5) is 0 Å². The number of hydrogen-bond donors (Lipinski definition) is 2. The summed E-state index contributed by atoms with van der Waals surface area (Å²) in [5.41, 5.74) is 1.15. The van der Waals surface area contributed by atoms with E-state index < -0.39 is 0 Å². The molecule has 7 heteroatoms. The minimum atomic E-state index is 0.481. The van der Waals surface area contributed by atoms with Crippen LogP contribution in [0.1, 0.15) is 25.8 Å². The zero-order valence-corrected chi connectivity index (χ0v) is 18.4. The van der Waals surface area contributed by atoms with Gasteiger partial charge in [-0.3, -0.25) is 9.89 Å². The van der Waals surface area contributed by atoms with Crippen molar-refractivity contribution in [3.8, 4) is 5.75 Å². The summed E-state index contributed by atoms with van der Waals surface area (Å²) in [6, 6.07) is 8.58. The molecule has 0 spiro atoms. The van der Waals surface area contributed by atoms with Crippen LogP contribution in [-0.4, -0.2) is 77.1 Å². The third-order valence-corrected chi connectivity index (χ3v) is 4.95.